The Kier molecular flexibility index (Phi) is 7.82. The van der Waals surface area contributed by atoms with E-state index in [9.17, 15) is 36.9 Å². The van der Waals surface area contributed by atoms with E-state index in [-0.39, 0.29) is 11.4 Å². The summed E-state index contributed by atoms with van der Waals surface area (Å²) in [4.78, 5) is 6.95. The molecule has 2 aliphatic carbocycles. The molecule has 52 heavy (non-hydrogen) atoms. The van der Waals surface area contributed by atoms with Crippen LogP contribution in [0.5, 0.6) is 11.5 Å². The third kappa shape index (κ3) is 5.85. The van der Waals surface area contributed by atoms with E-state index >= 15 is 0 Å². The molecule has 0 fully saturated rings. The van der Waals surface area contributed by atoms with E-state index in [1.54, 1.807) is 60.7 Å². The van der Waals surface area contributed by atoms with Gasteiger partial charge >= 0.3 is 12.7 Å². The molecule has 250 valence electrons. The lowest BCUT2D eigenvalue weighted by atomic mass is 9.95. The van der Waals surface area contributed by atoms with E-state index in [1.807, 2.05) is 12.1 Å². The topological polar surface area (TPSA) is 74.8 Å². The fourth-order valence-corrected chi connectivity index (χ4v) is 6.61. The van der Waals surface area contributed by atoms with Crippen LogP contribution in [0.2, 0.25) is 0 Å². The number of rotatable bonds is 4. The molecule has 0 aliphatic heterocycles. The van der Waals surface area contributed by atoms with Crippen LogP contribution >= 0.6 is 0 Å². The number of hydrogen-bond donors (Lipinski definition) is 0. The smallest absolute Gasteiger partial charge is 0.406 e. The molecule has 0 saturated heterocycles. The molecule has 0 spiro atoms. The van der Waals surface area contributed by atoms with Crippen LogP contribution in [0.1, 0.15) is 22.3 Å². The maximum absolute atomic E-state index is 12.9. The fraction of sp³-hybridized carbons (Fsp3) is 0.0500. The Morgan fingerprint density at radius 1 is 0.481 bits per heavy atom. The highest BCUT2D eigenvalue weighted by molar-refractivity contribution is 6.11. The van der Waals surface area contributed by atoms with Gasteiger partial charge in [-0.15, -0.1) is 26.3 Å². The molecular weight excluding hydrogens is 682 g/mol. The average molecular weight is 699 g/mol. The van der Waals surface area contributed by atoms with Crippen LogP contribution in [0, 0.1) is 35.8 Å². The van der Waals surface area contributed by atoms with Gasteiger partial charge in [0.15, 0.2) is 0 Å². The molecule has 12 heteroatoms. The first kappa shape index (κ1) is 33.2. The lowest BCUT2D eigenvalue weighted by molar-refractivity contribution is -0.275. The van der Waals surface area contributed by atoms with Crippen molar-refractivity contribution in [3.05, 3.63) is 154 Å². The van der Waals surface area contributed by atoms with Crippen molar-refractivity contribution in [1.82, 2.24) is 0 Å². The number of benzene rings is 5. The van der Waals surface area contributed by atoms with Crippen LogP contribution in [0.15, 0.2) is 108 Å². The Morgan fingerprint density at radius 2 is 0.846 bits per heavy atom. The number of halogens is 6. The summed E-state index contributed by atoms with van der Waals surface area (Å²) >= 11 is 0. The summed E-state index contributed by atoms with van der Waals surface area (Å²) in [7, 11) is 0. The Morgan fingerprint density at radius 3 is 1.19 bits per heavy atom. The second-order valence-electron chi connectivity index (χ2n) is 11.5. The minimum atomic E-state index is -4.89. The third-order valence-corrected chi connectivity index (χ3v) is 8.57. The quantitative estimate of drug-likeness (QED) is 0.104. The van der Waals surface area contributed by atoms with Crippen molar-refractivity contribution < 1.29 is 35.8 Å². The van der Waals surface area contributed by atoms with Gasteiger partial charge in [0.2, 0.25) is 0 Å². The second-order valence-corrected chi connectivity index (χ2v) is 11.5. The van der Waals surface area contributed by atoms with Gasteiger partial charge in [0, 0.05) is 11.1 Å². The first-order valence-corrected chi connectivity index (χ1v) is 15.1. The SMILES string of the molecule is [C-]#[N+]/C(C#N)=C1/c2cc(-c3cccc(OC(F)(F)F)c3)ccc2-c2cc3c(cc21)-c1ccc(-c2cccc(OC(F)(F)F)c2)cc1/C3=C(/C#N)[N+]#[C-]. The Labute approximate surface area is 291 Å². The van der Waals surface area contributed by atoms with Crippen molar-refractivity contribution in [1.29, 1.82) is 10.5 Å². The molecule has 0 radical (unpaired) electrons. The van der Waals surface area contributed by atoms with E-state index < -0.39 is 24.2 Å². The number of allylic oxidation sites excluding steroid dienone is 2. The number of fused-ring (bicyclic) bond motifs is 6. The molecule has 0 unspecified atom stereocenters. The zero-order valence-corrected chi connectivity index (χ0v) is 26.1. The molecule has 0 atom stereocenters. The molecule has 0 bridgehead atoms. The van der Waals surface area contributed by atoms with Gasteiger partial charge in [0.25, 0.3) is 11.4 Å². The molecule has 5 aromatic rings. The highest BCUT2D eigenvalue weighted by Gasteiger charge is 2.35. The molecule has 5 aromatic carbocycles. The maximum atomic E-state index is 12.9. The predicted octanol–water partition coefficient (Wildman–Crippen LogP) is 11.2. The molecule has 0 aromatic heterocycles. The highest BCUT2D eigenvalue weighted by Crippen LogP contribution is 2.54. The van der Waals surface area contributed by atoms with Crippen LogP contribution in [-0.2, 0) is 0 Å². The number of ether oxygens (including phenoxy) is 2. The van der Waals surface area contributed by atoms with Gasteiger partial charge in [0.1, 0.15) is 11.5 Å². The van der Waals surface area contributed by atoms with Crippen molar-refractivity contribution in [3.8, 4) is 68.1 Å². The summed E-state index contributed by atoms with van der Waals surface area (Å²) in [5.41, 5.74) is 6.32. The predicted molar refractivity (Wildman–Crippen MR) is 178 cm³/mol. The molecule has 0 heterocycles. The molecule has 2 aliphatic rings. The zero-order chi connectivity index (χ0) is 36.9. The van der Waals surface area contributed by atoms with Gasteiger partial charge in [0.05, 0.1) is 25.3 Å². The highest BCUT2D eigenvalue weighted by atomic mass is 19.4. The summed E-state index contributed by atoms with van der Waals surface area (Å²) in [5, 5.41) is 20.1. The van der Waals surface area contributed by atoms with Gasteiger partial charge in [-0.2, -0.15) is 0 Å². The summed E-state index contributed by atoms with van der Waals surface area (Å²) in [6, 6.07) is 28.4. The number of nitriles is 2. The van der Waals surface area contributed by atoms with E-state index in [4.69, 9.17) is 13.1 Å². The van der Waals surface area contributed by atoms with Crippen molar-refractivity contribution in [2.24, 2.45) is 0 Å². The van der Waals surface area contributed by atoms with E-state index in [0.717, 1.165) is 0 Å². The van der Waals surface area contributed by atoms with Crippen LogP contribution in [0.25, 0.3) is 65.3 Å². The van der Waals surface area contributed by atoms with Crippen LogP contribution in [0.4, 0.5) is 26.3 Å². The molecule has 6 nitrogen and oxygen atoms in total. The first-order chi connectivity index (χ1) is 24.8. The number of alkyl halides is 6. The number of hydrogen-bond acceptors (Lipinski definition) is 4. The second kappa shape index (κ2) is 12.2. The zero-order valence-electron chi connectivity index (χ0n) is 26.1. The van der Waals surface area contributed by atoms with Gasteiger partial charge < -0.3 is 9.47 Å². The Balaban J connectivity index is 1.40. The summed E-state index contributed by atoms with van der Waals surface area (Å²) in [6.07, 6.45) is -9.79. The van der Waals surface area contributed by atoms with Crippen molar-refractivity contribution >= 4 is 11.1 Å². The molecular formula is C40H16F6N4O2. The van der Waals surface area contributed by atoms with Gasteiger partial charge in [-0.25, -0.2) is 20.2 Å². The fourth-order valence-electron chi connectivity index (χ4n) is 6.61. The van der Waals surface area contributed by atoms with Gasteiger partial charge in [-0.3, -0.25) is 0 Å². The standard InChI is InChI=1S/C40H16F6N4O2/c1-49-35(19-47)37-31-15-23(21-5-3-7-25(13-21)51-39(41,42)43)9-11-27(31)29-18-34-30(17-33(29)37)28-12-10-24(16-32(28)38(34)36(20-48)50-2)22-6-4-8-26(14-22)52-40(44,45)46/h3-18H/b37-35-,38-36+. The van der Waals surface area contributed by atoms with Gasteiger partial charge in [-0.1, -0.05) is 48.5 Å². The minimum absolute atomic E-state index is 0.226. The number of nitrogens with zero attached hydrogens (tertiary/aromatic N) is 4. The molecule has 7 rings (SSSR count). The lowest BCUT2D eigenvalue weighted by Crippen LogP contribution is -2.17. The Hall–Kier alpha value is -7.28. The van der Waals surface area contributed by atoms with Crippen molar-refractivity contribution in [2.75, 3.05) is 0 Å². The lowest BCUT2D eigenvalue weighted by Gasteiger charge is -2.11. The first-order valence-electron chi connectivity index (χ1n) is 15.1. The minimum Gasteiger partial charge on any atom is -0.406 e. The normalized spacial score (nSPS) is 14.3. The molecule has 0 saturated carbocycles. The van der Waals surface area contributed by atoms with E-state index in [0.29, 0.717) is 77.9 Å². The van der Waals surface area contributed by atoms with Crippen LogP contribution < -0.4 is 9.47 Å². The summed E-state index contributed by atoms with van der Waals surface area (Å²) < 4.78 is 85.8. The molecule has 0 amide bonds. The van der Waals surface area contributed by atoms with Crippen molar-refractivity contribution in [3.63, 3.8) is 0 Å². The van der Waals surface area contributed by atoms with Gasteiger partial charge in [-0.05, 0) is 115 Å². The van der Waals surface area contributed by atoms with Crippen molar-refractivity contribution in [2.45, 2.75) is 12.7 Å². The summed E-state index contributed by atoms with van der Waals surface area (Å²) in [6.45, 7) is 15.6. The monoisotopic (exact) mass is 698 g/mol. The third-order valence-electron chi connectivity index (χ3n) is 8.57. The maximum Gasteiger partial charge on any atom is 0.573 e. The molecule has 0 N–H and O–H groups in total. The van der Waals surface area contributed by atoms with Crippen LogP contribution in [-0.4, -0.2) is 12.7 Å². The average Bonchev–Trinajstić information content (AvgIpc) is 3.58. The largest absolute Gasteiger partial charge is 0.573 e. The van der Waals surface area contributed by atoms with Crippen LogP contribution in [0.3, 0.4) is 0 Å². The Bertz CT molecular complexity index is 2400. The van der Waals surface area contributed by atoms with E-state index in [1.165, 1.54) is 36.4 Å². The summed E-state index contributed by atoms with van der Waals surface area (Å²) in [5.74, 6) is -0.840. The van der Waals surface area contributed by atoms with E-state index in [2.05, 4.69) is 19.2 Å².